The van der Waals surface area contributed by atoms with Crippen molar-refractivity contribution >= 4 is 10.9 Å². The summed E-state index contributed by atoms with van der Waals surface area (Å²) in [6.45, 7) is 1.95. The van der Waals surface area contributed by atoms with Crippen LogP contribution in [0.15, 0.2) is 30.3 Å². The lowest BCUT2D eigenvalue weighted by atomic mass is 10.1. The van der Waals surface area contributed by atoms with Crippen LogP contribution in [0.4, 0.5) is 0 Å². The fraction of sp³-hybridized carbons (Fsp3) is 0.500. The Balaban J connectivity index is 1.94. The van der Waals surface area contributed by atoms with E-state index in [0.717, 1.165) is 29.3 Å². The van der Waals surface area contributed by atoms with Crippen LogP contribution < -0.4 is 5.73 Å². The highest BCUT2D eigenvalue weighted by molar-refractivity contribution is 5.80. The number of unbranched alkanes of at least 4 members (excludes halogenated alkanes) is 6. The maximum atomic E-state index is 10.1. The third-order valence-corrected chi connectivity index (χ3v) is 4.52. The second-order valence-electron chi connectivity index (χ2n) is 6.75. The zero-order chi connectivity index (χ0) is 18.8. The SMILES string of the molecule is CCCCCCCCC#Cc1ccc2nc(C(O)C(N)CO)ccc2c1. The van der Waals surface area contributed by atoms with Gasteiger partial charge in [-0.05, 0) is 30.7 Å². The summed E-state index contributed by atoms with van der Waals surface area (Å²) in [5.74, 6) is 6.48. The highest BCUT2D eigenvalue weighted by Crippen LogP contribution is 2.19. The standard InChI is InChI=1S/C22H30N2O2/c1-2-3-4-5-6-7-8-9-10-17-11-13-20-18(15-17)12-14-21(24-20)22(26)19(23)16-25/h11-15,19,22,25-26H,2-8,16,23H2,1H3. The lowest BCUT2D eigenvalue weighted by Crippen LogP contribution is -2.32. The van der Waals surface area contributed by atoms with Crippen LogP contribution in [0.2, 0.25) is 0 Å². The molecule has 1 aromatic heterocycles. The van der Waals surface area contributed by atoms with Gasteiger partial charge in [0.05, 0.1) is 23.9 Å². The summed E-state index contributed by atoms with van der Waals surface area (Å²) in [4.78, 5) is 4.44. The minimum absolute atomic E-state index is 0.284. The largest absolute Gasteiger partial charge is 0.395 e. The number of nitrogens with zero attached hydrogens (tertiary/aromatic N) is 1. The number of rotatable bonds is 9. The predicted octanol–water partition coefficient (Wildman–Crippen LogP) is 3.69. The van der Waals surface area contributed by atoms with Crippen molar-refractivity contribution in [1.82, 2.24) is 4.98 Å². The van der Waals surface area contributed by atoms with E-state index in [1.54, 1.807) is 6.07 Å². The number of pyridine rings is 1. The Morgan fingerprint density at radius 2 is 1.85 bits per heavy atom. The monoisotopic (exact) mass is 354 g/mol. The number of aliphatic hydroxyl groups is 2. The molecule has 0 radical (unpaired) electrons. The van der Waals surface area contributed by atoms with E-state index in [9.17, 15) is 5.11 Å². The average Bonchev–Trinajstić information content (AvgIpc) is 2.68. The first-order valence-corrected chi connectivity index (χ1v) is 9.59. The summed E-state index contributed by atoms with van der Waals surface area (Å²) in [7, 11) is 0. The van der Waals surface area contributed by atoms with Crippen molar-refractivity contribution in [3.63, 3.8) is 0 Å². The molecule has 2 rings (SSSR count). The molecule has 4 nitrogen and oxygen atoms in total. The minimum atomic E-state index is -0.971. The Morgan fingerprint density at radius 3 is 2.62 bits per heavy atom. The smallest absolute Gasteiger partial charge is 0.113 e. The summed E-state index contributed by atoms with van der Waals surface area (Å²) in [6.07, 6.45) is 7.66. The van der Waals surface area contributed by atoms with Gasteiger partial charge in [-0.1, -0.05) is 56.9 Å². The molecular formula is C22H30N2O2. The molecule has 26 heavy (non-hydrogen) atoms. The molecule has 2 unspecified atom stereocenters. The van der Waals surface area contributed by atoms with Gasteiger partial charge < -0.3 is 15.9 Å². The third-order valence-electron chi connectivity index (χ3n) is 4.52. The van der Waals surface area contributed by atoms with Gasteiger partial charge in [0, 0.05) is 17.4 Å². The predicted molar refractivity (Wildman–Crippen MR) is 107 cm³/mol. The van der Waals surface area contributed by atoms with E-state index < -0.39 is 12.1 Å². The van der Waals surface area contributed by atoms with E-state index in [1.165, 1.54) is 32.1 Å². The van der Waals surface area contributed by atoms with Crippen molar-refractivity contribution in [2.45, 2.75) is 64.0 Å². The molecule has 0 spiro atoms. The normalized spacial score (nSPS) is 13.2. The zero-order valence-electron chi connectivity index (χ0n) is 15.6. The molecule has 2 atom stereocenters. The zero-order valence-corrected chi connectivity index (χ0v) is 15.6. The Bertz CT molecular complexity index is 749. The van der Waals surface area contributed by atoms with Gasteiger partial charge in [-0.2, -0.15) is 0 Å². The lowest BCUT2D eigenvalue weighted by molar-refractivity contribution is 0.106. The van der Waals surface area contributed by atoms with Crippen LogP contribution in [-0.4, -0.2) is 27.8 Å². The van der Waals surface area contributed by atoms with E-state index >= 15 is 0 Å². The molecule has 0 fully saturated rings. The van der Waals surface area contributed by atoms with Crippen LogP contribution >= 0.6 is 0 Å². The number of aromatic nitrogens is 1. The van der Waals surface area contributed by atoms with Gasteiger partial charge in [0.15, 0.2) is 0 Å². The highest BCUT2D eigenvalue weighted by Gasteiger charge is 2.17. The Morgan fingerprint density at radius 1 is 1.08 bits per heavy atom. The van der Waals surface area contributed by atoms with Crippen molar-refractivity contribution in [2.75, 3.05) is 6.61 Å². The number of fused-ring (bicyclic) bond motifs is 1. The van der Waals surface area contributed by atoms with Gasteiger partial charge in [0.1, 0.15) is 6.10 Å². The fourth-order valence-corrected chi connectivity index (χ4v) is 2.86. The Labute approximate surface area is 156 Å². The maximum Gasteiger partial charge on any atom is 0.113 e. The summed E-state index contributed by atoms with van der Waals surface area (Å²) in [5.41, 5.74) is 7.91. The van der Waals surface area contributed by atoms with E-state index in [-0.39, 0.29) is 6.61 Å². The Kier molecular flexibility index (Phi) is 8.57. The van der Waals surface area contributed by atoms with Gasteiger partial charge in [0.2, 0.25) is 0 Å². The summed E-state index contributed by atoms with van der Waals surface area (Å²) < 4.78 is 0. The number of hydrogen-bond acceptors (Lipinski definition) is 4. The molecule has 0 amide bonds. The van der Waals surface area contributed by atoms with E-state index in [0.29, 0.717) is 5.69 Å². The van der Waals surface area contributed by atoms with Crippen LogP contribution in [0.5, 0.6) is 0 Å². The summed E-state index contributed by atoms with van der Waals surface area (Å²) in [5, 5.41) is 20.1. The molecule has 140 valence electrons. The van der Waals surface area contributed by atoms with Crippen molar-refractivity contribution < 1.29 is 10.2 Å². The summed E-state index contributed by atoms with van der Waals surface area (Å²) in [6, 6.07) is 8.79. The van der Waals surface area contributed by atoms with Crippen molar-refractivity contribution in [3.05, 3.63) is 41.6 Å². The molecule has 0 bridgehead atoms. The molecule has 0 aliphatic carbocycles. The quantitative estimate of drug-likeness (QED) is 0.474. The molecule has 2 aromatic rings. The van der Waals surface area contributed by atoms with Gasteiger partial charge in [-0.25, -0.2) is 0 Å². The molecule has 0 aliphatic heterocycles. The number of aliphatic hydroxyl groups excluding tert-OH is 2. The van der Waals surface area contributed by atoms with Crippen LogP contribution in [-0.2, 0) is 0 Å². The van der Waals surface area contributed by atoms with Crippen LogP contribution in [0, 0.1) is 11.8 Å². The molecule has 4 N–H and O–H groups in total. The minimum Gasteiger partial charge on any atom is -0.395 e. The lowest BCUT2D eigenvalue weighted by Gasteiger charge is -2.16. The molecular weight excluding hydrogens is 324 g/mol. The Hall–Kier alpha value is -1.93. The first-order valence-electron chi connectivity index (χ1n) is 9.59. The van der Waals surface area contributed by atoms with E-state index in [1.807, 2.05) is 24.3 Å². The molecule has 0 aliphatic rings. The topological polar surface area (TPSA) is 79.4 Å². The molecule has 1 heterocycles. The van der Waals surface area contributed by atoms with Crippen molar-refractivity contribution in [2.24, 2.45) is 5.73 Å². The van der Waals surface area contributed by atoms with Crippen LogP contribution in [0.1, 0.15) is 69.2 Å². The number of nitrogens with two attached hydrogens (primary N) is 1. The van der Waals surface area contributed by atoms with Crippen molar-refractivity contribution in [3.8, 4) is 11.8 Å². The second-order valence-corrected chi connectivity index (χ2v) is 6.75. The van der Waals surface area contributed by atoms with Gasteiger partial charge in [-0.15, -0.1) is 0 Å². The number of benzene rings is 1. The average molecular weight is 354 g/mol. The first kappa shape index (κ1) is 20.4. The fourth-order valence-electron chi connectivity index (χ4n) is 2.86. The number of hydrogen-bond donors (Lipinski definition) is 3. The molecule has 1 aromatic carbocycles. The molecule has 4 heteroatoms. The third kappa shape index (κ3) is 6.10. The maximum absolute atomic E-state index is 10.1. The van der Waals surface area contributed by atoms with Crippen LogP contribution in [0.25, 0.3) is 10.9 Å². The van der Waals surface area contributed by atoms with E-state index in [2.05, 4.69) is 23.7 Å². The van der Waals surface area contributed by atoms with Gasteiger partial charge in [-0.3, -0.25) is 4.98 Å². The highest BCUT2D eigenvalue weighted by atomic mass is 16.3. The second kappa shape index (κ2) is 10.9. The molecule has 0 saturated heterocycles. The van der Waals surface area contributed by atoms with Gasteiger partial charge >= 0.3 is 0 Å². The van der Waals surface area contributed by atoms with E-state index in [4.69, 9.17) is 10.8 Å². The summed E-state index contributed by atoms with van der Waals surface area (Å²) >= 11 is 0. The molecule has 0 saturated carbocycles. The van der Waals surface area contributed by atoms with Gasteiger partial charge in [0.25, 0.3) is 0 Å². The van der Waals surface area contributed by atoms with Crippen molar-refractivity contribution in [1.29, 1.82) is 0 Å². The van der Waals surface area contributed by atoms with Crippen LogP contribution in [0.3, 0.4) is 0 Å². The first-order chi connectivity index (χ1) is 12.7.